The molecule has 2 saturated heterocycles. The third-order valence-corrected chi connectivity index (χ3v) is 10.6. The second-order valence-corrected chi connectivity index (χ2v) is 13.1. The first-order chi connectivity index (χ1) is 20.3. The van der Waals surface area contributed by atoms with Crippen molar-refractivity contribution in [2.75, 3.05) is 39.1 Å². The van der Waals surface area contributed by atoms with Gasteiger partial charge in [0.25, 0.3) is 0 Å². The van der Waals surface area contributed by atoms with Crippen LogP contribution in [0.1, 0.15) is 51.9 Å². The van der Waals surface area contributed by atoms with Gasteiger partial charge in [-0.15, -0.1) is 0 Å². The Morgan fingerprint density at radius 1 is 1.10 bits per heavy atom. The van der Waals surface area contributed by atoms with Gasteiger partial charge in [-0.2, -0.15) is 9.97 Å². The van der Waals surface area contributed by atoms with Gasteiger partial charge in [-0.05, 0) is 84.0 Å². The largest absolute Gasteiger partial charge is 0.461 e. The van der Waals surface area contributed by atoms with Crippen LogP contribution in [0, 0.1) is 5.82 Å². The minimum atomic E-state index is -0.503. The molecule has 2 aliphatic heterocycles. The average molecular weight is 589 g/mol. The molecule has 2 aromatic carbocycles. The van der Waals surface area contributed by atoms with Crippen LogP contribution >= 0.6 is 11.6 Å². The van der Waals surface area contributed by atoms with Gasteiger partial charge in [0.05, 0.1) is 10.9 Å². The normalized spacial score (nSPS) is 23.4. The van der Waals surface area contributed by atoms with E-state index in [1.165, 1.54) is 19.3 Å². The number of hydrogen-bond donors (Lipinski definition) is 1. The topological polar surface area (TPSA) is 66.4 Å². The van der Waals surface area contributed by atoms with Crippen LogP contribution in [0.3, 0.4) is 0 Å². The first-order valence-corrected chi connectivity index (χ1v) is 15.5. The van der Waals surface area contributed by atoms with E-state index in [-0.39, 0.29) is 28.3 Å². The maximum absolute atomic E-state index is 16.6. The Morgan fingerprint density at radius 2 is 1.90 bits per heavy atom. The number of aromatic nitrogens is 3. The van der Waals surface area contributed by atoms with Crippen molar-refractivity contribution < 1.29 is 9.13 Å². The van der Waals surface area contributed by atoms with Crippen molar-refractivity contribution in [2.45, 2.75) is 69.0 Å². The van der Waals surface area contributed by atoms with E-state index >= 15 is 4.39 Å². The molecule has 2 atom stereocenters. The number of ether oxygens (including phenoxy) is 1. The fourth-order valence-corrected chi connectivity index (χ4v) is 7.79. The molecule has 2 aromatic heterocycles. The highest BCUT2D eigenvalue weighted by molar-refractivity contribution is 6.36. The van der Waals surface area contributed by atoms with Crippen LogP contribution in [0.15, 0.2) is 42.6 Å². The summed E-state index contributed by atoms with van der Waals surface area (Å²) in [6.07, 6.45) is 9.62. The molecule has 7 nitrogen and oxygen atoms in total. The number of anilines is 1. The highest BCUT2D eigenvalue weighted by Crippen LogP contribution is 2.43. The first kappa shape index (κ1) is 27.7. The summed E-state index contributed by atoms with van der Waals surface area (Å²) in [7, 11) is 4.23. The fraction of sp³-hybridized carbons (Fsp3) is 0.485. The van der Waals surface area contributed by atoms with Crippen LogP contribution in [0.4, 0.5) is 10.2 Å². The lowest BCUT2D eigenvalue weighted by Crippen LogP contribution is -2.54. The first-order valence-electron chi connectivity index (χ1n) is 15.2. The number of nitrogens with zero attached hydrogens (tertiary/aromatic N) is 5. The quantitative estimate of drug-likeness (QED) is 0.239. The van der Waals surface area contributed by atoms with Gasteiger partial charge in [0.15, 0.2) is 5.82 Å². The SMILES string of the molecule is C[C@H]1CC[C@@]2(COc3nc(NCC4(N(C)C)CCC4)c4cnc(-c5cccc6cccc(Cl)c56)c(F)c4n3)CCCN12. The summed E-state index contributed by atoms with van der Waals surface area (Å²) in [5.41, 5.74) is 1.10. The lowest BCUT2D eigenvalue weighted by molar-refractivity contribution is 0.0737. The molecule has 7 rings (SSSR count). The number of rotatable bonds is 8. The molecule has 42 heavy (non-hydrogen) atoms. The molecule has 0 unspecified atom stereocenters. The van der Waals surface area contributed by atoms with Crippen LogP contribution in [-0.2, 0) is 0 Å². The molecule has 0 bridgehead atoms. The molecular weight excluding hydrogens is 551 g/mol. The van der Waals surface area contributed by atoms with Crippen LogP contribution in [0.5, 0.6) is 6.01 Å². The third kappa shape index (κ3) is 4.50. The Balaban J connectivity index is 1.30. The minimum Gasteiger partial charge on any atom is -0.461 e. The van der Waals surface area contributed by atoms with E-state index in [9.17, 15) is 0 Å². The summed E-state index contributed by atoms with van der Waals surface area (Å²) in [5.74, 6) is 0.0499. The van der Waals surface area contributed by atoms with Crippen LogP contribution < -0.4 is 10.1 Å². The second kappa shape index (κ2) is 10.6. The second-order valence-electron chi connectivity index (χ2n) is 12.7. The summed E-state index contributed by atoms with van der Waals surface area (Å²) in [6, 6.07) is 12.2. The predicted octanol–water partition coefficient (Wildman–Crippen LogP) is 6.93. The molecule has 9 heteroatoms. The highest BCUT2D eigenvalue weighted by atomic mass is 35.5. The third-order valence-electron chi connectivity index (χ3n) is 10.3. The lowest BCUT2D eigenvalue weighted by atomic mass is 9.75. The zero-order valence-corrected chi connectivity index (χ0v) is 25.3. The van der Waals surface area contributed by atoms with Crippen molar-refractivity contribution in [1.29, 1.82) is 0 Å². The molecular formula is C33H38ClFN6O. The van der Waals surface area contributed by atoms with Gasteiger partial charge in [-0.3, -0.25) is 9.88 Å². The number of nitrogens with one attached hydrogen (secondary N) is 1. The molecule has 4 heterocycles. The minimum absolute atomic E-state index is 0.00783. The standard InChI is InChI=1S/C33H38ClFN6O/c1-21-12-16-33(15-7-17-41(21)33)20-42-31-38-29-24(30(39-31)37-19-32(40(2)3)13-6-14-32)18-36-28(27(29)35)23-10-4-8-22-9-5-11-25(34)26(22)23/h4-5,8-11,18,21H,6-7,12-17,19-20H2,1-3H3,(H,37,38,39)/t21-,33+/m0/s1. The van der Waals surface area contributed by atoms with Crippen LogP contribution in [0.25, 0.3) is 32.9 Å². The highest BCUT2D eigenvalue weighted by Gasteiger charge is 2.48. The van der Waals surface area contributed by atoms with Gasteiger partial charge in [0.1, 0.15) is 23.6 Å². The van der Waals surface area contributed by atoms with Gasteiger partial charge in [-0.25, -0.2) is 4.39 Å². The maximum atomic E-state index is 16.6. The molecule has 0 radical (unpaired) electrons. The van der Waals surface area contributed by atoms with E-state index in [0.717, 1.165) is 43.0 Å². The lowest BCUT2D eigenvalue weighted by Gasteiger charge is -2.47. The van der Waals surface area contributed by atoms with E-state index in [4.69, 9.17) is 21.3 Å². The predicted molar refractivity (Wildman–Crippen MR) is 167 cm³/mol. The Hall–Kier alpha value is -3.07. The summed E-state index contributed by atoms with van der Waals surface area (Å²) in [4.78, 5) is 19.0. The summed E-state index contributed by atoms with van der Waals surface area (Å²) < 4.78 is 22.9. The average Bonchev–Trinajstić information content (AvgIpc) is 3.51. The van der Waals surface area contributed by atoms with Crippen molar-refractivity contribution in [2.24, 2.45) is 0 Å². The van der Waals surface area contributed by atoms with Crippen molar-refractivity contribution in [3.8, 4) is 17.3 Å². The van der Waals surface area contributed by atoms with E-state index in [1.54, 1.807) is 6.20 Å². The van der Waals surface area contributed by atoms with Crippen molar-refractivity contribution >= 4 is 39.1 Å². The Morgan fingerprint density at radius 3 is 2.67 bits per heavy atom. The summed E-state index contributed by atoms with van der Waals surface area (Å²) in [5, 5.41) is 6.34. The van der Waals surface area contributed by atoms with E-state index in [2.05, 4.69) is 46.1 Å². The Bertz CT molecular complexity index is 1650. The number of hydrogen-bond acceptors (Lipinski definition) is 7. The number of pyridine rings is 1. The van der Waals surface area contributed by atoms with Gasteiger partial charge in [0, 0.05) is 40.3 Å². The van der Waals surface area contributed by atoms with Crippen molar-refractivity contribution in [1.82, 2.24) is 24.8 Å². The van der Waals surface area contributed by atoms with Crippen molar-refractivity contribution in [3.63, 3.8) is 0 Å². The van der Waals surface area contributed by atoms with Gasteiger partial charge < -0.3 is 15.0 Å². The van der Waals surface area contributed by atoms with Gasteiger partial charge in [-0.1, -0.05) is 41.9 Å². The monoisotopic (exact) mass is 588 g/mol. The smallest absolute Gasteiger partial charge is 0.319 e. The molecule has 1 saturated carbocycles. The summed E-state index contributed by atoms with van der Waals surface area (Å²) >= 11 is 6.61. The van der Waals surface area contributed by atoms with Gasteiger partial charge >= 0.3 is 6.01 Å². The summed E-state index contributed by atoms with van der Waals surface area (Å²) in [6.45, 7) is 4.59. The maximum Gasteiger partial charge on any atom is 0.319 e. The molecule has 1 aliphatic carbocycles. The molecule has 3 fully saturated rings. The fourth-order valence-electron chi connectivity index (χ4n) is 7.51. The van der Waals surface area contributed by atoms with Gasteiger partial charge in [0.2, 0.25) is 0 Å². The Labute approximate surface area is 251 Å². The number of fused-ring (bicyclic) bond motifs is 3. The number of halogens is 2. The number of benzene rings is 2. The number of likely N-dealkylation sites (N-methyl/N-ethyl adjacent to an activating group) is 1. The van der Waals surface area contributed by atoms with Crippen molar-refractivity contribution in [3.05, 3.63) is 53.4 Å². The van der Waals surface area contributed by atoms with E-state index < -0.39 is 5.82 Å². The molecule has 1 N–H and O–H groups in total. The molecule has 3 aliphatic rings. The van der Waals surface area contributed by atoms with E-state index in [0.29, 0.717) is 41.0 Å². The van der Waals surface area contributed by atoms with Crippen LogP contribution in [-0.4, -0.2) is 75.7 Å². The Kier molecular flexibility index (Phi) is 6.99. The molecule has 0 amide bonds. The van der Waals surface area contributed by atoms with E-state index in [1.807, 2.05) is 36.4 Å². The molecule has 4 aromatic rings. The molecule has 220 valence electrons. The molecule has 0 spiro atoms. The van der Waals surface area contributed by atoms with Crippen LogP contribution in [0.2, 0.25) is 5.02 Å². The zero-order valence-electron chi connectivity index (χ0n) is 24.6. The zero-order chi connectivity index (χ0) is 29.1.